The molecule has 3 N–H and O–H groups in total. The van der Waals surface area contributed by atoms with Crippen molar-refractivity contribution in [1.82, 2.24) is 14.6 Å². The van der Waals surface area contributed by atoms with E-state index < -0.39 is 35.9 Å². The minimum atomic E-state index is -1.91. The van der Waals surface area contributed by atoms with Crippen molar-refractivity contribution in [1.29, 1.82) is 5.26 Å². The maximum Gasteiger partial charge on any atom is 0.305 e. The van der Waals surface area contributed by atoms with Crippen molar-refractivity contribution in [3.8, 4) is 6.07 Å². The van der Waals surface area contributed by atoms with E-state index in [1.165, 1.54) is 10.7 Å². The Morgan fingerprint density at radius 3 is 2.76 bits per heavy atom. The van der Waals surface area contributed by atoms with Gasteiger partial charge in [-0.3, -0.25) is 14.0 Å². The van der Waals surface area contributed by atoms with E-state index in [1.54, 1.807) is 26.0 Å². The molecule has 0 saturated carbocycles. The quantitative estimate of drug-likeness (QED) is 0.631. The summed E-state index contributed by atoms with van der Waals surface area (Å²) in [5, 5.41) is 28.5. The summed E-state index contributed by atoms with van der Waals surface area (Å²) >= 11 is 0. The fourth-order valence-electron chi connectivity index (χ4n) is 3.23. The third kappa shape index (κ3) is 3.48. The summed E-state index contributed by atoms with van der Waals surface area (Å²) < 4.78 is 17.8. The zero-order valence-corrected chi connectivity index (χ0v) is 15.9. The molecule has 3 rings (SSSR count). The summed E-state index contributed by atoms with van der Waals surface area (Å²) in [4.78, 5) is 23.4. The first-order valence-electron chi connectivity index (χ1n) is 9.08. The van der Waals surface area contributed by atoms with Gasteiger partial charge in [-0.15, -0.1) is 10.2 Å². The molecule has 11 nitrogen and oxygen atoms in total. The van der Waals surface area contributed by atoms with Crippen LogP contribution in [0.25, 0.3) is 5.52 Å². The van der Waals surface area contributed by atoms with Crippen LogP contribution in [-0.4, -0.2) is 56.6 Å². The molecule has 29 heavy (non-hydrogen) atoms. The number of aliphatic hydroxyl groups excluding tert-OH is 1. The van der Waals surface area contributed by atoms with Crippen LogP contribution in [0.3, 0.4) is 0 Å². The first-order chi connectivity index (χ1) is 13.9. The molecule has 0 bridgehead atoms. The number of esters is 2. The first-order valence-corrected chi connectivity index (χ1v) is 9.08. The minimum Gasteiger partial charge on any atom is -0.463 e. The molecule has 0 spiro atoms. The number of fused-ring (bicyclic) bond motifs is 1. The number of hydrogen-bond acceptors (Lipinski definition) is 10. The number of ether oxygens (including phenoxy) is 3. The number of nitrogens with zero attached hydrogens (tertiary/aromatic N) is 4. The second kappa shape index (κ2) is 8.02. The third-order valence-corrected chi connectivity index (χ3v) is 4.74. The fraction of sp³-hybridized carbons (Fsp3) is 0.500. The molecule has 3 heterocycles. The summed E-state index contributed by atoms with van der Waals surface area (Å²) in [6.07, 6.45) is -2.30. The molecular formula is C18H21N5O6. The summed E-state index contributed by atoms with van der Waals surface area (Å²) in [6.45, 7) is 2.93. The van der Waals surface area contributed by atoms with Gasteiger partial charge in [-0.25, -0.2) is 0 Å². The molecular weight excluding hydrogens is 382 g/mol. The fourth-order valence-corrected chi connectivity index (χ4v) is 3.23. The minimum absolute atomic E-state index is 0.0599. The zero-order valence-electron chi connectivity index (χ0n) is 15.9. The van der Waals surface area contributed by atoms with Crippen molar-refractivity contribution in [2.45, 2.75) is 50.6 Å². The normalized spacial score (nSPS) is 26.2. The monoisotopic (exact) mass is 403 g/mol. The van der Waals surface area contributed by atoms with E-state index in [9.17, 15) is 20.0 Å². The Morgan fingerprint density at radius 2 is 2.10 bits per heavy atom. The molecule has 0 amide bonds. The van der Waals surface area contributed by atoms with Gasteiger partial charge in [-0.1, -0.05) is 13.8 Å². The van der Waals surface area contributed by atoms with Crippen LogP contribution >= 0.6 is 0 Å². The van der Waals surface area contributed by atoms with Gasteiger partial charge in [0.05, 0.1) is 11.2 Å². The SMILES string of the molecule is CCC(=O)OC[C@H]1O[C@@](C#N)(c2ccc3c(N)nncn23)[C@H](O)[C@@H]1OC(=O)CC. The average Bonchev–Trinajstić information content (AvgIpc) is 3.27. The molecule has 0 unspecified atom stereocenters. The molecule has 0 aliphatic carbocycles. The van der Waals surface area contributed by atoms with Crippen LogP contribution in [0.15, 0.2) is 18.5 Å². The molecule has 154 valence electrons. The summed E-state index contributed by atoms with van der Waals surface area (Å²) in [6, 6.07) is 5.13. The summed E-state index contributed by atoms with van der Waals surface area (Å²) in [5.74, 6) is -0.954. The highest BCUT2D eigenvalue weighted by molar-refractivity contribution is 5.70. The predicted molar refractivity (Wildman–Crippen MR) is 97.0 cm³/mol. The van der Waals surface area contributed by atoms with Crippen molar-refractivity contribution < 1.29 is 28.9 Å². The Morgan fingerprint density at radius 1 is 1.38 bits per heavy atom. The maximum atomic E-state index is 11.9. The van der Waals surface area contributed by atoms with Crippen molar-refractivity contribution in [2.75, 3.05) is 12.3 Å². The van der Waals surface area contributed by atoms with Crippen LogP contribution in [0.1, 0.15) is 32.4 Å². The Balaban J connectivity index is 2.03. The van der Waals surface area contributed by atoms with Crippen molar-refractivity contribution in [3.63, 3.8) is 0 Å². The van der Waals surface area contributed by atoms with Gasteiger partial charge < -0.3 is 25.1 Å². The smallest absolute Gasteiger partial charge is 0.305 e. The van der Waals surface area contributed by atoms with Gasteiger partial charge in [-0.2, -0.15) is 5.26 Å². The number of hydrogen-bond donors (Lipinski definition) is 2. The lowest BCUT2D eigenvalue weighted by Gasteiger charge is -2.25. The van der Waals surface area contributed by atoms with Gasteiger partial charge in [0.2, 0.25) is 5.60 Å². The third-order valence-electron chi connectivity index (χ3n) is 4.74. The number of aliphatic hydroxyl groups is 1. The molecule has 1 aliphatic rings. The standard InChI is InChI=1S/C18H21N5O6/c1-3-13(24)27-7-11-15(28-14(25)4-2)16(26)18(8-19,29-11)12-6-5-10-17(20)22-21-9-23(10)12/h5-6,9,11,15-16,26H,3-4,7H2,1-2H3,(H2,20,22)/t11-,15-,16-,18+/m1/s1. The van der Waals surface area contributed by atoms with E-state index in [0.29, 0.717) is 5.52 Å². The second-order valence-electron chi connectivity index (χ2n) is 6.48. The average molecular weight is 403 g/mol. The molecule has 4 atom stereocenters. The van der Waals surface area contributed by atoms with Crippen molar-refractivity contribution in [2.24, 2.45) is 0 Å². The van der Waals surface area contributed by atoms with E-state index in [0.717, 1.165) is 0 Å². The summed E-state index contributed by atoms with van der Waals surface area (Å²) in [7, 11) is 0. The lowest BCUT2D eigenvalue weighted by Crippen LogP contribution is -2.43. The largest absolute Gasteiger partial charge is 0.463 e. The Bertz CT molecular complexity index is 969. The van der Waals surface area contributed by atoms with Crippen molar-refractivity contribution in [3.05, 3.63) is 24.2 Å². The predicted octanol–water partition coefficient (Wildman–Crippen LogP) is 0.0651. The number of carbonyl (C=O) groups is 2. The number of carbonyl (C=O) groups excluding carboxylic acids is 2. The Kier molecular flexibility index (Phi) is 5.67. The zero-order chi connectivity index (χ0) is 21.2. The topological polar surface area (TPSA) is 162 Å². The van der Waals surface area contributed by atoms with Crippen LogP contribution < -0.4 is 5.73 Å². The lowest BCUT2D eigenvalue weighted by atomic mass is 9.92. The molecule has 0 radical (unpaired) electrons. The molecule has 2 aromatic rings. The Labute approximate surface area is 166 Å². The highest BCUT2D eigenvalue weighted by Crippen LogP contribution is 2.42. The van der Waals surface area contributed by atoms with E-state index in [2.05, 4.69) is 10.2 Å². The van der Waals surface area contributed by atoms with Gasteiger partial charge in [0.1, 0.15) is 31.2 Å². The number of nitrogen functional groups attached to an aromatic ring is 1. The van der Waals surface area contributed by atoms with E-state index >= 15 is 0 Å². The van der Waals surface area contributed by atoms with E-state index in [4.69, 9.17) is 19.9 Å². The second-order valence-corrected chi connectivity index (χ2v) is 6.48. The van der Waals surface area contributed by atoms with Crippen LogP contribution in [0.5, 0.6) is 0 Å². The lowest BCUT2D eigenvalue weighted by molar-refractivity contribution is -0.159. The number of aromatic nitrogens is 3. The maximum absolute atomic E-state index is 11.9. The van der Waals surface area contributed by atoms with Crippen LogP contribution in [0.2, 0.25) is 0 Å². The van der Waals surface area contributed by atoms with Crippen LogP contribution in [0.4, 0.5) is 5.82 Å². The highest BCUT2D eigenvalue weighted by Gasteiger charge is 2.59. The number of nitrogens with two attached hydrogens (primary N) is 1. The molecule has 1 saturated heterocycles. The number of anilines is 1. The molecule has 0 aromatic carbocycles. The van der Waals surface area contributed by atoms with E-state index in [-0.39, 0.29) is 31.0 Å². The van der Waals surface area contributed by atoms with Crippen molar-refractivity contribution >= 4 is 23.3 Å². The molecule has 1 aliphatic heterocycles. The number of rotatable bonds is 6. The molecule has 11 heteroatoms. The molecule has 1 fully saturated rings. The van der Waals surface area contributed by atoms with Crippen LogP contribution in [-0.2, 0) is 29.4 Å². The van der Waals surface area contributed by atoms with Gasteiger partial charge in [0.15, 0.2) is 11.9 Å². The van der Waals surface area contributed by atoms with Gasteiger partial charge in [0, 0.05) is 12.8 Å². The van der Waals surface area contributed by atoms with Crippen LogP contribution in [0, 0.1) is 11.3 Å². The van der Waals surface area contributed by atoms with Gasteiger partial charge in [-0.05, 0) is 12.1 Å². The Hall–Kier alpha value is -3.23. The van der Waals surface area contributed by atoms with Gasteiger partial charge >= 0.3 is 11.9 Å². The van der Waals surface area contributed by atoms with E-state index in [1.807, 2.05) is 6.07 Å². The molecule has 2 aromatic heterocycles. The summed E-state index contributed by atoms with van der Waals surface area (Å²) in [5.41, 5.74) is 4.59. The van der Waals surface area contributed by atoms with Gasteiger partial charge in [0.25, 0.3) is 0 Å². The number of nitriles is 1. The first kappa shape index (κ1) is 20.5. The highest BCUT2D eigenvalue weighted by atomic mass is 16.6.